The minimum Gasteiger partial charge on any atom is -0.370 e. The summed E-state index contributed by atoms with van der Waals surface area (Å²) in [6.45, 7) is 9.43. The lowest BCUT2D eigenvalue weighted by atomic mass is 10.2. The third-order valence-corrected chi connectivity index (χ3v) is 4.24. The number of halogens is 1. The highest BCUT2D eigenvalue weighted by Gasteiger charge is 2.09. The van der Waals surface area contributed by atoms with Crippen LogP contribution in [-0.4, -0.2) is 35.4 Å². The van der Waals surface area contributed by atoms with Crippen molar-refractivity contribution in [2.24, 2.45) is 12.0 Å². The van der Waals surface area contributed by atoms with Crippen LogP contribution < -0.4 is 15.5 Å². The normalized spacial score (nSPS) is 11.5. The first-order valence-electron chi connectivity index (χ1n) is 9.11. The first-order chi connectivity index (χ1) is 12.6. The Kier molecular flexibility index (Phi) is 7.44. The quantitative estimate of drug-likeness (QED) is 0.561. The highest BCUT2D eigenvalue weighted by molar-refractivity contribution is 5.79. The SMILES string of the molecule is CCNC(=NCc1ccc(N(CC)CC)c(F)c1)NCc1ccnn1C. The maximum Gasteiger partial charge on any atom is 0.191 e. The van der Waals surface area contributed by atoms with Gasteiger partial charge >= 0.3 is 0 Å². The molecule has 0 fully saturated rings. The average molecular weight is 360 g/mol. The van der Waals surface area contributed by atoms with Crippen LogP contribution in [0.15, 0.2) is 35.5 Å². The summed E-state index contributed by atoms with van der Waals surface area (Å²) in [5, 5.41) is 10.6. The Morgan fingerprint density at radius 3 is 2.54 bits per heavy atom. The zero-order valence-electron chi connectivity index (χ0n) is 16.1. The Morgan fingerprint density at radius 2 is 1.96 bits per heavy atom. The van der Waals surface area contributed by atoms with Crippen molar-refractivity contribution in [3.05, 3.63) is 47.5 Å². The van der Waals surface area contributed by atoms with E-state index in [-0.39, 0.29) is 5.82 Å². The van der Waals surface area contributed by atoms with E-state index in [4.69, 9.17) is 0 Å². The summed E-state index contributed by atoms with van der Waals surface area (Å²) in [5.74, 6) is 0.496. The summed E-state index contributed by atoms with van der Waals surface area (Å²) in [6, 6.07) is 7.30. The van der Waals surface area contributed by atoms with Crippen LogP contribution in [0.25, 0.3) is 0 Å². The van der Waals surface area contributed by atoms with Gasteiger partial charge in [-0.2, -0.15) is 5.10 Å². The monoisotopic (exact) mass is 360 g/mol. The maximum atomic E-state index is 14.4. The Morgan fingerprint density at radius 1 is 1.19 bits per heavy atom. The predicted molar refractivity (Wildman–Crippen MR) is 105 cm³/mol. The van der Waals surface area contributed by atoms with Crippen molar-refractivity contribution in [2.75, 3.05) is 24.5 Å². The van der Waals surface area contributed by atoms with Gasteiger partial charge in [-0.1, -0.05) is 6.07 Å². The topological polar surface area (TPSA) is 57.5 Å². The van der Waals surface area contributed by atoms with E-state index in [9.17, 15) is 4.39 Å². The van der Waals surface area contributed by atoms with Crippen molar-refractivity contribution in [3.8, 4) is 0 Å². The van der Waals surface area contributed by atoms with E-state index in [0.717, 1.165) is 30.9 Å². The van der Waals surface area contributed by atoms with Crippen LogP contribution in [0.5, 0.6) is 0 Å². The number of anilines is 1. The van der Waals surface area contributed by atoms with Gasteiger partial charge in [-0.3, -0.25) is 4.68 Å². The number of nitrogens with one attached hydrogen (secondary N) is 2. The van der Waals surface area contributed by atoms with Crippen LogP contribution in [0.3, 0.4) is 0 Å². The number of rotatable bonds is 8. The molecule has 142 valence electrons. The molecule has 0 bridgehead atoms. The second-order valence-electron chi connectivity index (χ2n) is 5.95. The van der Waals surface area contributed by atoms with Gasteiger partial charge in [0.15, 0.2) is 5.96 Å². The minimum atomic E-state index is -0.200. The van der Waals surface area contributed by atoms with E-state index in [2.05, 4.69) is 20.7 Å². The fourth-order valence-corrected chi connectivity index (χ4v) is 2.73. The van der Waals surface area contributed by atoms with Crippen molar-refractivity contribution in [3.63, 3.8) is 0 Å². The van der Waals surface area contributed by atoms with Crippen LogP contribution in [0.4, 0.5) is 10.1 Å². The summed E-state index contributed by atoms with van der Waals surface area (Å²) in [7, 11) is 1.90. The van der Waals surface area contributed by atoms with Crippen molar-refractivity contribution < 1.29 is 4.39 Å². The molecule has 0 atom stereocenters. The molecule has 2 rings (SSSR count). The molecule has 7 heteroatoms. The molecule has 1 aromatic carbocycles. The molecule has 1 heterocycles. The number of benzene rings is 1. The third-order valence-electron chi connectivity index (χ3n) is 4.24. The molecule has 0 spiro atoms. The molecule has 6 nitrogen and oxygen atoms in total. The molecular formula is C19H29FN6. The maximum absolute atomic E-state index is 14.4. The van der Waals surface area contributed by atoms with Crippen molar-refractivity contribution in [1.82, 2.24) is 20.4 Å². The second-order valence-corrected chi connectivity index (χ2v) is 5.95. The van der Waals surface area contributed by atoms with Gasteiger partial charge in [0, 0.05) is 32.9 Å². The fraction of sp³-hybridized carbons (Fsp3) is 0.474. The first-order valence-corrected chi connectivity index (χ1v) is 9.11. The molecule has 26 heavy (non-hydrogen) atoms. The van der Waals surface area contributed by atoms with Gasteiger partial charge in [-0.05, 0) is 44.5 Å². The van der Waals surface area contributed by atoms with E-state index in [1.807, 2.05) is 55.6 Å². The Labute approximate surface area is 155 Å². The molecule has 1 aromatic heterocycles. The van der Waals surface area contributed by atoms with Crippen LogP contribution in [0.2, 0.25) is 0 Å². The molecule has 0 saturated carbocycles. The molecule has 0 radical (unpaired) electrons. The van der Waals surface area contributed by atoms with Crippen LogP contribution in [0.1, 0.15) is 32.0 Å². The summed E-state index contributed by atoms with van der Waals surface area (Å²) < 4.78 is 16.2. The third kappa shape index (κ3) is 5.21. The Bertz CT molecular complexity index is 721. The molecule has 0 aliphatic heterocycles. The van der Waals surface area contributed by atoms with Gasteiger partial charge in [0.2, 0.25) is 0 Å². The molecule has 2 N–H and O–H groups in total. The van der Waals surface area contributed by atoms with Crippen molar-refractivity contribution in [2.45, 2.75) is 33.9 Å². The van der Waals surface area contributed by atoms with Gasteiger partial charge < -0.3 is 15.5 Å². The first kappa shape index (κ1) is 19.8. The van der Waals surface area contributed by atoms with Crippen LogP contribution in [-0.2, 0) is 20.1 Å². The molecular weight excluding hydrogens is 331 g/mol. The number of hydrogen-bond donors (Lipinski definition) is 2. The van der Waals surface area contributed by atoms with Gasteiger partial charge in [-0.15, -0.1) is 0 Å². The van der Waals surface area contributed by atoms with Gasteiger partial charge in [-0.25, -0.2) is 9.38 Å². The van der Waals surface area contributed by atoms with Gasteiger partial charge in [0.25, 0.3) is 0 Å². The number of aliphatic imine (C=N–C) groups is 1. The van der Waals surface area contributed by atoms with Gasteiger partial charge in [0.05, 0.1) is 24.5 Å². The lowest BCUT2D eigenvalue weighted by Gasteiger charge is -2.21. The second kappa shape index (κ2) is 9.79. The highest BCUT2D eigenvalue weighted by Crippen LogP contribution is 2.20. The van der Waals surface area contributed by atoms with Crippen LogP contribution >= 0.6 is 0 Å². The number of nitrogens with zero attached hydrogens (tertiary/aromatic N) is 4. The average Bonchev–Trinajstić information content (AvgIpc) is 3.05. The minimum absolute atomic E-state index is 0.200. The van der Waals surface area contributed by atoms with Gasteiger partial charge in [0.1, 0.15) is 5.82 Å². The van der Waals surface area contributed by atoms with E-state index in [1.165, 1.54) is 0 Å². The summed E-state index contributed by atoms with van der Waals surface area (Å²) in [4.78, 5) is 6.56. The zero-order valence-corrected chi connectivity index (χ0v) is 16.1. The van der Waals surface area contributed by atoms with Crippen LogP contribution in [0, 0.1) is 5.82 Å². The smallest absolute Gasteiger partial charge is 0.191 e. The van der Waals surface area contributed by atoms with E-state index >= 15 is 0 Å². The summed E-state index contributed by atoms with van der Waals surface area (Å²) in [6.07, 6.45) is 1.77. The zero-order chi connectivity index (χ0) is 18.9. The molecule has 0 aliphatic carbocycles. The van der Waals surface area contributed by atoms with Crippen molar-refractivity contribution in [1.29, 1.82) is 0 Å². The van der Waals surface area contributed by atoms with E-state index in [0.29, 0.717) is 24.7 Å². The Hall–Kier alpha value is -2.57. The predicted octanol–water partition coefficient (Wildman–Crippen LogP) is 2.66. The van der Waals surface area contributed by atoms with E-state index < -0.39 is 0 Å². The molecule has 0 amide bonds. The molecule has 0 saturated heterocycles. The standard InChI is InChI=1S/C19H29FN6/c1-5-21-19(23-14-16-10-11-24-25(16)4)22-13-15-8-9-18(17(20)12-15)26(6-2)7-3/h8-12H,5-7,13-14H2,1-4H3,(H2,21,22,23). The van der Waals surface area contributed by atoms with E-state index in [1.54, 1.807) is 12.3 Å². The molecule has 2 aromatic rings. The molecule has 0 aliphatic rings. The largest absolute Gasteiger partial charge is 0.370 e. The summed E-state index contributed by atoms with van der Waals surface area (Å²) in [5.41, 5.74) is 2.55. The highest BCUT2D eigenvalue weighted by atomic mass is 19.1. The fourth-order valence-electron chi connectivity index (χ4n) is 2.73. The number of aromatic nitrogens is 2. The molecule has 0 unspecified atom stereocenters. The lowest BCUT2D eigenvalue weighted by molar-refractivity contribution is 0.617. The number of aryl methyl sites for hydroxylation is 1. The van der Waals surface area contributed by atoms with Crippen molar-refractivity contribution >= 4 is 11.6 Å². The number of hydrogen-bond acceptors (Lipinski definition) is 3. The Balaban J connectivity index is 2.04. The number of guanidine groups is 1. The lowest BCUT2D eigenvalue weighted by Crippen LogP contribution is -2.37. The summed E-state index contributed by atoms with van der Waals surface area (Å²) >= 11 is 0.